The summed E-state index contributed by atoms with van der Waals surface area (Å²) < 4.78 is 22.9. The van der Waals surface area contributed by atoms with E-state index in [0.29, 0.717) is 12.2 Å². The van der Waals surface area contributed by atoms with E-state index in [1.807, 2.05) is 0 Å². The first-order chi connectivity index (χ1) is 9.23. The molecule has 20 heavy (non-hydrogen) atoms. The fourth-order valence-electron chi connectivity index (χ4n) is 2.83. The quantitative estimate of drug-likeness (QED) is 0.707. The minimum atomic E-state index is -3.85. The van der Waals surface area contributed by atoms with Crippen LogP contribution in [0.4, 0.5) is 11.4 Å². The largest absolute Gasteiger partial charge is 0.396 e. The lowest BCUT2D eigenvalue weighted by molar-refractivity contribution is 0.0559. The summed E-state index contributed by atoms with van der Waals surface area (Å²) in [5.41, 5.74) is 5.87. The molecule has 112 valence electrons. The Morgan fingerprint density at radius 1 is 1.35 bits per heavy atom. The van der Waals surface area contributed by atoms with E-state index in [1.54, 1.807) is 24.1 Å². The Kier molecular flexibility index (Phi) is 3.95. The topological polar surface area (TPSA) is 110 Å². The normalized spacial score (nSPS) is 18.1. The van der Waals surface area contributed by atoms with Gasteiger partial charge in [0.05, 0.1) is 17.0 Å². The van der Waals surface area contributed by atoms with Crippen molar-refractivity contribution in [3.05, 3.63) is 18.2 Å². The van der Waals surface area contributed by atoms with Crippen molar-refractivity contribution < 1.29 is 13.5 Å². The number of nitrogen functional groups attached to an aromatic ring is 1. The minimum Gasteiger partial charge on any atom is -0.396 e. The van der Waals surface area contributed by atoms with Gasteiger partial charge in [0, 0.05) is 13.6 Å². The van der Waals surface area contributed by atoms with Crippen LogP contribution in [0.3, 0.4) is 0 Å². The fraction of sp³-hybridized carbons (Fsp3) is 0.538. The number of hydrogen-bond acceptors (Lipinski definition) is 5. The molecule has 0 aromatic heterocycles. The van der Waals surface area contributed by atoms with Crippen molar-refractivity contribution in [1.29, 1.82) is 0 Å². The number of nitrogens with two attached hydrogens (primary N) is 2. The van der Waals surface area contributed by atoms with Crippen LogP contribution in [0.15, 0.2) is 23.1 Å². The van der Waals surface area contributed by atoms with Crippen molar-refractivity contribution in [2.45, 2.75) is 36.2 Å². The van der Waals surface area contributed by atoms with Crippen molar-refractivity contribution in [1.82, 2.24) is 0 Å². The van der Waals surface area contributed by atoms with E-state index >= 15 is 0 Å². The summed E-state index contributed by atoms with van der Waals surface area (Å²) >= 11 is 0. The Bertz CT molecular complexity index is 595. The Morgan fingerprint density at radius 3 is 2.50 bits per heavy atom. The Morgan fingerprint density at radius 2 is 1.95 bits per heavy atom. The first-order valence-corrected chi connectivity index (χ1v) is 8.12. The van der Waals surface area contributed by atoms with Crippen molar-refractivity contribution >= 4 is 21.4 Å². The predicted octanol–water partition coefficient (Wildman–Crippen LogP) is 0.658. The first kappa shape index (κ1) is 15.1. The van der Waals surface area contributed by atoms with E-state index in [1.165, 1.54) is 6.07 Å². The summed E-state index contributed by atoms with van der Waals surface area (Å²) in [6.07, 6.45) is 3.53. The predicted molar refractivity (Wildman–Crippen MR) is 78.9 cm³/mol. The number of nitrogens with zero attached hydrogens (tertiary/aromatic N) is 1. The monoisotopic (exact) mass is 299 g/mol. The summed E-state index contributed by atoms with van der Waals surface area (Å²) in [7, 11) is -2.06. The average molecular weight is 299 g/mol. The molecule has 0 bridgehead atoms. The molecule has 0 spiro atoms. The third-order valence-electron chi connectivity index (χ3n) is 3.83. The Labute approximate surface area is 119 Å². The number of primary sulfonamides is 1. The molecule has 1 fully saturated rings. The second kappa shape index (κ2) is 5.23. The lowest BCUT2D eigenvalue weighted by atomic mass is 10.0. The fourth-order valence-corrected chi connectivity index (χ4v) is 3.51. The highest BCUT2D eigenvalue weighted by atomic mass is 32.2. The summed E-state index contributed by atoms with van der Waals surface area (Å²) in [6, 6.07) is 4.70. The third-order valence-corrected chi connectivity index (χ3v) is 4.80. The van der Waals surface area contributed by atoms with E-state index < -0.39 is 15.6 Å². The molecular weight excluding hydrogens is 278 g/mol. The lowest BCUT2D eigenvalue weighted by Gasteiger charge is -2.31. The molecule has 6 nitrogen and oxygen atoms in total. The maximum Gasteiger partial charge on any atom is 0.240 e. The standard InChI is InChI=1S/C13H21N3O3S/c1-16(9-13(17)7-2-3-8-13)10-5-4-6-11(12(10)14)20(15,18)19/h4-6,17H,2-3,7-9,14H2,1H3,(H2,15,18,19). The molecule has 0 radical (unpaired) electrons. The number of likely N-dealkylation sites (N-methyl/N-ethyl adjacent to an activating group) is 1. The van der Waals surface area contributed by atoms with Gasteiger partial charge in [-0.3, -0.25) is 0 Å². The number of aliphatic hydroxyl groups is 1. The number of anilines is 2. The molecule has 0 unspecified atom stereocenters. The molecule has 1 aromatic rings. The maximum atomic E-state index is 11.5. The molecule has 0 aliphatic heterocycles. The van der Waals surface area contributed by atoms with Crippen molar-refractivity contribution in [2.75, 3.05) is 24.2 Å². The number of rotatable bonds is 4. The van der Waals surface area contributed by atoms with Gasteiger partial charge in [0.25, 0.3) is 0 Å². The van der Waals surface area contributed by atoms with Crippen molar-refractivity contribution in [2.24, 2.45) is 5.14 Å². The zero-order valence-corrected chi connectivity index (χ0v) is 12.4. The molecule has 0 saturated heterocycles. The van der Waals surface area contributed by atoms with Crippen LogP contribution >= 0.6 is 0 Å². The molecule has 7 heteroatoms. The van der Waals surface area contributed by atoms with Crippen LogP contribution in [0.5, 0.6) is 0 Å². The maximum absolute atomic E-state index is 11.5. The van der Waals surface area contributed by atoms with Crippen LogP contribution in [-0.2, 0) is 10.0 Å². The van der Waals surface area contributed by atoms with E-state index in [-0.39, 0.29) is 10.6 Å². The molecule has 1 aliphatic carbocycles. The average Bonchev–Trinajstić information content (AvgIpc) is 2.74. The molecule has 1 aromatic carbocycles. The summed E-state index contributed by atoms with van der Waals surface area (Å²) in [4.78, 5) is 1.70. The second-order valence-electron chi connectivity index (χ2n) is 5.52. The summed E-state index contributed by atoms with van der Waals surface area (Å²) in [5, 5.41) is 15.6. The molecule has 1 aliphatic rings. The molecular formula is C13H21N3O3S. The van der Waals surface area contributed by atoms with Crippen LogP contribution in [0, 0.1) is 0 Å². The second-order valence-corrected chi connectivity index (χ2v) is 7.05. The van der Waals surface area contributed by atoms with Gasteiger partial charge in [-0.2, -0.15) is 0 Å². The SMILES string of the molecule is CN(CC1(O)CCCC1)c1cccc(S(N)(=O)=O)c1N. The summed E-state index contributed by atoms with van der Waals surface area (Å²) in [5.74, 6) is 0. The molecule has 0 heterocycles. The minimum absolute atomic E-state index is 0.0831. The molecule has 0 atom stereocenters. The molecule has 1 saturated carbocycles. The number of para-hydroxylation sites is 1. The molecule has 0 amide bonds. The lowest BCUT2D eigenvalue weighted by Crippen LogP contribution is -2.39. The van der Waals surface area contributed by atoms with Gasteiger partial charge in [-0.15, -0.1) is 0 Å². The van der Waals surface area contributed by atoms with Gasteiger partial charge in [0.15, 0.2) is 0 Å². The zero-order valence-electron chi connectivity index (χ0n) is 11.5. The van der Waals surface area contributed by atoms with E-state index in [9.17, 15) is 13.5 Å². The van der Waals surface area contributed by atoms with Crippen LogP contribution < -0.4 is 15.8 Å². The number of hydrogen-bond donors (Lipinski definition) is 3. The highest BCUT2D eigenvalue weighted by molar-refractivity contribution is 7.89. The highest BCUT2D eigenvalue weighted by Gasteiger charge is 2.33. The van der Waals surface area contributed by atoms with Gasteiger partial charge in [-0.1, -0.05) is 18.9 Å². The number of sulfonamides is 1. The van der Waals surface area contributed by atoms with Gasteiger partial charge >= 0.3 is 0 Å². The van der Waals surface area contributed by atoms with E-state index in [0.717, 1.165) is 25.7 Å². The van der Waals surface area contributed by atoms with Gasteiger partial charge in [0.1, 0.15) is 4.90 Å². The molecule has 2 rings (SSSR count). The van der Waals surface area contributed by atoms with Crippen LogP contribution in [0.25, 0.3) is 0 Å². The van der Waals surface area contributed by atoms with E-state index in [4.69, 9.17) is 10.9 Å². The Balaban J connectivity index is 2.29. The van der Waals surface area contributed by atoms with E-state index in [2.05, 4.69) is 0 Å². The number of benzene rings is 1. The highest BCUT2D eigenvalue weighted by Crippen LogP contribution is 2.34. The van der Waals surface area contributed by atoms with Crippen molar-refractivity contribution in [3.63, 3.8) is 0 Å². The first-order valence-electron chi connectivity index (χ1n) is 6.58. The smallest absolute Gasteiger partial charge is 0.240 e. The van der Waals surface area contributed by atoms with Crippen molar-refractivity contribution in [3.8, 4) is 0 Å². The summed E-state index contributed by atoms with van der Waals surface area (Å²) in [6.45, 7) is 0.422. The van der Waals surface area contributed by atoms with Gasteiger partial charge in [-0.05, 0) is 25.0 Å². The molecule has 5 N–H and O–H groups in total. The van der Waals surface area contributed by atoms with Crippen LogP contribution in [-0.4, -0.2) is 32.7 Å². The Hall–Kier alpha value is -1.31. The zero-order chi connectivity index (χ0) is 15.0. The van der Waals surface area contributed by atoms with Crippen LogP contribution in [0.1, 0.15) is 25.7 Å². The third kappa shape index (κ3) is 3.05. The van der Waals surface area contributed by atoms with Gasteiger partial charge in [0.2, 0.25) is 10.0 Å². The van der Waals surface area contributed by atoms with Crippen LogP contribution in [0.2, 0.25) is 0 Å². The van der Waals surface area contributed by atoms with Gasteiger partial charge in [-0.25, -0.2) is 13.6 Å². The van der Waals surface area contributed by atoms with Gasteiger partial charge < -0.3 is 15.7 Å².